The molecule has 20 heavy (non-hydrogen) atoms. The number of alkyl halides is 1. The number of amides is 1. The van der Waals surface area contributed by atoms with Crippen LogP contribution in [-0.2, 0) is 0 Å². The maximum absolute atomic E-state index is 13.0. The highest BCUT2D eigenvalue weighted by Gasteiger charge is 2.21. The lowest BCUT2D eigenvalue weighted by Gasteiger charge is -2.25. The molecule has 0 bridgehead atoms. The van der Waals surface area contributed by atoms with Gasteiger partial charge in [0.05, 0.1) is 0 Å². The molecule has 0 aliphatic heterocycles. The molecule has 1 aromatic carbocycles. The van der Waals surface area contributed by atoms with Crippen LogP contribution in [0.25, 0.3) is 0 Å². The van der Waals surface area contributed by atoms with Crippen LogP contribution < -0.4 is 5.32 Å². The maximum atomic E-state index is 13.0. The Hall–Kier alpha value is -1.04. The fourth-order valence-electron chi connectivity index (χ4n) is 2.44. The minimum absolute atomic E-state index is 0.201. The molecule has 0 spiro atoms. The molecule has 1 aromatic rings. The molecular formula is C14H15BrF3NO. The highest BCUT2D eigenvalue weighted by molar-refractivity contribution is 9.09. The first-order chi connectivity index (χ1) is 9.47. The van der Waals surface area contributed by atoms with Gasteiger partial charge in [-0.3, -0.25) is 4.79 Å². The molecule has 0 radical (unpaired) electrons. The molecule has 0 heterocycles. The van der Waals surface area contributed by atoms with Gasteiger partial charge >= 0.3 is 0 Å². The summed E-state index contributed by atoms with van der Waals surface area (Å²) in [5.41, 5.74) is -0.201. The van der Waals surface area contributed by atoms with Gasteiger partial charge in [0.15, 0.2) is 17.5 Å². The van der Waals surface area contributed by atoms with Crippen molar-refractivity contribution in [2.24, 2.45) is 5.92 Å². The molecule has 0 saturated heterocycles. The number of benzene rings is 1. The monoisotopic (exact) mass is 349 g/mol. The number of carbonyl (C=O) groups excluding carboxylic acids is 1. The topological polar surface area (TPSA) is 29.1 Å². The first-order valence-corrected chi connectivity index (χ1v) is 7.45. The van der Waals surface area contributed by atoms with Crippen LogP contribution in [0.3, 0.4) is 0 Å². The zero-order chi connectivity index (χ0) is 14.7. The first-order valence-electron chi connectivity index (χ1n) is 6.54. The lowest BCUT2D eigenvalue weighted by molar-refractivity contribution is 0.0942. The third-order valence-electron chi connectivity index (χ3n) is 3.52. The van der Waals surface area contributed by atoms with Gasteiger partial charge in [0.1, 0.15) is 0 Å². The van der Waals surface area contributed by atoms with Crippen molar-refractivity contribution in [3.05, 3.63) is 35.1 Å². The minimum atomic E-state index is -1.56. The SMILES string of the molecule is O=C(NCC1CCCC(Br)C1)c1cc(F)c(F)c(F)c1. The van der Waals surface area contributed by atoms with E-state index in [4.69, 9.17) is 0 Å². The van der Waals surface area contributed by atoms with E-state index in [1.165, 1.54) is 0 Å². The number of halogens is 4. The molecule has 1 aliphatic rings. The van der Waals surface area contributed by atoms with Gasteiger partial charge in [0, 0.05) is 16.9 Å². The average Bonchev–Trinajstić information content (AvgIpc) is 2.41. The van der Waals surface area contributed by atoms with E-state index in [0.29, 0.717) is 29.4 Å². The summed E-state index contributed by atoms with van der Waals surface area (Å²) in [6, 6.07) is 1.42. The van der Waals surface area contributed by atoms with Gasteiger partial charge in [-0.2, -0.15) is 0 Å². The lowest BCUT2D eigenvalue weighted by atomic mass is 9.89. The van der Waals surface area contributed by atoms with Crippen molar-refractivity contribution in [2.75, 3.05) is 6.54 Å². The molecule has 2 rings (SSSR count). The van der Waals surface area contributed by atoms with Gasteiger partial charge in [0.2, 0.25) is 0 Å². The average molecular weight is 350 g/mol. The Labute approximate surface area is 123 Å². The quantitative estimate of drug-likeness (QED) is 0.652. The fraction of sp³-hybridized carbons (Fsp3) is 0.500. The van der Waals surface area contributed by atoms with Gasteiger partial charge < -0.3 is 5.32 Å². The van der Waals surface area contributed by atoms with Crippen LogP contribution in [0.15, 0.2) is 12.1 Å². The summed E-state index contributed by atoms with van der Waals surface area (Å²) in [5, 5.41) is 2.65. The zero-order valence-corrected chi connectivity index (χ0v) is 12.4. The third-order valence-corrected chi connectivity index (χ3v) is 4.35. The smallest absolute Gasteiger partial charge is 0.251 e. The van der Waals surface area contributed by atoms with E-state index in [1.54, 1.807) is 0 Å². The number of hydrogen-bond donors (Lipinski definition) is 1. The Kier molecular flexibility index (Phi) is 5.07. The highest BCUT2D eigenvalue weighted by Crippen LogP contribution is 2.28. The number of carbonyl (C=O) groups is 1. The van der Waals surface area contributed by atoms with Crippen molar-refractivity contribution in [3.8, 4) is 0 Å². The summed E-state index contributed by atoms with van der Waals surface area (Å²) in [5.74, 6) is -4.50. The van der Waals surface area contributed by atoms with Crippen LogP contribution in [0.4, 0.5) is 13.2 Å². The molecule has 1 aliphatic carbocycles. The summed E-state index contributed by atoms with van der Waals surface area (Å²) in [7, 11) is 0. The van der Waals surface area contributed by atoms with Crippen molar-refractivity contribution in [2.45, 2.75) is 30.5 Å². The second kappa shape index (κ2) is 6.61. The van der Waals surface area contributed by atoms with E-state index in [9.17, 15) is 18.0 Å². The first kappa shape index (κ1) is 15.4. The second-order valence-corrected chi connectivity index (χ2v) is 6.39. The summed E-state index contributed by atoms with van der Waals surface area (Å²) in [4.78, 5) is 12.3. The van der Waals surface area contributed by atoms with Crippen LogP contribution >= 0.6 is 15.9 Å². The van der Waals surface area contributed by atoms with Gasteiger partial charge in [-0.15, -0.1) is 0 Å². The standard InChI is InChI=1S/C14H15BrF3NO/c15-10-3-1-2-8(4-10)7-19-14(20)9-5-11(16)13(18)12(17)6-9/h5-6,8,10H,1-4,7H2,(H,19,20). The molecule has 110 valence electrons. The highest BCUT2D eigenvalue weighted by atomic mass is 79.9. The molecule has 2 unspecified atom stereocenters. The van der Waals surface area contributed by atoms with E-state index in [-0.39, 0.29) is 5.56 Å². The Morgan fingerprint density at radius 3 is 2.50 bits per heavy atom. The third kappa shape index (κ3) is 3.75. The Morgan fingerprint density at radius 2 is 1.90 bits per heavy atom. The zero-order valence-electron chi connectivity index (χ0n) is 10.8. The molecule has 6 heteroatoms. The van der Waals surface area contributed by atoms with Crippen molar-refractivity contribution < 1.29 is 18.0 Å². The molecule has 0 aromatic heterocycles. The van der Waals surface area contributed by atoms with Crippen LogP contribution in [0.5, 0.6) is 0 Å². The number of hydrogen-bond acceptors (Lipinski definition) is 1. The number of nitrogens with one attached hydrogen (secondary N) is 1. The van der Waals surface area contributed by atoms with Gasteiger partial charge in [0.25, 0.3) is 5.91 Å². The summed E-state index contributed by atoms with van der Waals surface area (Å²) in [6.07, 6.45) is 4.20. The van der Waals surface area contributed by atoms with Crippen molar-refractivity contribution in [1.29, 1.82) is 0 Å². The second-order valence-electron chi connectivity index (χ2n) is 5.09. The molecule has 2 atom stereocenters. The minimum Gasteiger partial charge on any atom is -0.352 e. The fourth-order valence-corrected chi connectivity index (χ4v) is 3.29. The van der Waals surface area contributed by atoms with Crippen molar-refractivity contribution in [3.63, 3.8) is 0 Å². The number of rotatable bonds is 3. The van der Waals surface area contributed by atoms with Crippen molar-refractivity contribution >= 4 is 21.8 Å². The van der Waals surface area contributed by atoms with Crippen LogP contribution in [0, 0.1) is 23.4 Å². The van der Waals surface area contributed by atoms with E-state index in [0.717, 1.165) is 25.7 Å². The molecular weight excluding hydrogens is 335 g/mol. The maximum Gasteiger partial charge on any atom is 0.251 e. The summed E-state index contributed by atoms with van der Waals surface area (Å²) < 4.78 is 38.9. The van der Waals surface area contributed by atoms with Crippen LogP contribution in [-0.4, -0.2) is 17.3 Å². The van der Waals surface area contributed by atoms with E-state index in [2.05, 4.69) is 21.2 Å². The molecule has 1 fully saturated rings. The van der Waals surface area contributed by atoms with E-state index >= 15 is 0 Å². The summed E-state index contributed by atoms with van der Waals surface area (Å²) in [6.45, 7) is 0.460. The predicted molar refractivity (Wildman–Crippen MR) is 73.3 cm³/mol. The van der Waals surface area contributed by atoms with Gasteiger partial charge in [-0.25, -0.2) is 13.2 Å². The molecule has 2 nitrogen and oxygen atoms in total. The Morgan fingerprint density at radius 1 is 1.25 bits per heavy atom. The predicted octanol–water partition coefficient (Wildman–Crippen LogP) is 3.79. The lowest BCUT2D eigenvalue weighted by Crippen LogP contribution is -2.32. The van der Waals surface area contributed by atoms with Crippen molar-refractivity contribution in [1.82, 2.24) is 5.32 Å². The van der Waals surface area contributed by atoms with E-state index < -0.39 is 23.4 Å². The normalized spacial score (nSPS) is 22.6. The molecule has 1 saturated carbocycles. The largest absolute Gasteiger partial charge is 0.352 e. The van der Waals surface area contributed by atoms with Crippen LogP contribution in [0.2, 0.25) is 0 Å². The summed E-state index contributed by atoms with van der Waals surface area (Å²) >= 11 is 3.55. The molecule has 1 amide bonds. The van der Waals surface area contributed by atoms with E-state index in [1.807, 2.05) is 0 Å². The Balaban J connectivity index is 1.95. The van der Waals surface area contributed by atoms with Gasteiger partial charge in [-0.1, -0.05) is 22.4 Å². The Bertz CT molecular complexity index is 486. The molecule has 1 N–H and O–H groups in total. The van der Waals surface area contributed by atoms with Gasteiger partial charge in [-0.05, 0) is 37.3 Å². The van der Waals surface area contributed by atoms with Crippen LogP contribution in [0.1, 0.15) is 36.0 Å².